The van der Waals surface area contributed by atoms with Gasteiger partial charge in [0, 0.05) is 11.1 Å². The van der Waals surface area contributed by atoms with Gasteiger partial charge in [0.15, 0.2) is 0 Å². The molecule has 4 bridgehead atoms. The number of cyclic esters (lactones) is 2. The van der Waals surface area contributed by atoms with Crippen LogP contribution in [0.5, 0.6) is 0 Å². The maximum Gasteiger partial charge on any atom is 0.338 e. The van der Waals surface area contributed by atoms with Crippen LogP contribution in [0.3, 0.4) is 0 Å². The molecule has 0 spiro atoms. The van der Waals surface area contributed by atoms with Crippen molar-refractivity contribution in [2.75, 3.05) is 13.2 Å². The van der Waals surface area contributed by atoms with Crippen molar-refractivity contribution < 1.29 is 28.7 Å². The first-order chi connectivity index (χ1) is 20.4. The first kappa shape index (κ1) is 28.3. The molecule has 0 saturated heterocycles. The Morgan fingerprint density at radius 3 is 1.31 bits per heavy atom. The molecular weight excluding hydrogens is 532 g/mol. The maximum absolute atomic E-state index is 13.3. The van der Waals surface area contributed by atoms with Gasteiger partial charge >= 0.3 is 11.9 Å². The molecule has 4 aromatic rings. The van der Waals surface area contributed by atoms with Crippen LogP contribution in [-0.2, 0) is 22.3 Å². The molecule has 8 nitrogen and oxygen atoms in total. The van der Waals surface area contributed by atoms with Crippen molar-refractivity contribution in [3.8, 4) is 0 Å². The van der Waals surface area contributed by atoms with Crippen molar-refractivity contribution in [1.82, 2.24) is 10.6 Å². The highest BCUT2D eigenvalue weighted by atomic mass is 16.5. The lowest BCUT2D eigenvalue weighted by molar-refractivity contribution is 0.0450. The highest BCUT2D eigenvalue weighted by Crippen LogP contribution is 2.14. The number of benzene rings is 4. The molecule has 5 rings (SSSR count). The third kappa shape index (κ3) is 7.48. The summed E-state index contributed by atoms with van der Waals surface area (Å²) in [6, 6.07) is 30.4. The minimum atomic E-state index is -0.630. The van der Waals surface area contributed by atoms with Gasteiger partial charge in [-0.1, -0.05) is 72.8 Å². The second-order valence-corrected chi connectivity index (χ2v) is 10.1. The zero-order chi connectivity index (χ0) is 29.3. The second-order valence-electron chi connectivity index (χ2n) is 10.1. The third-order valence-corrected chi connectivity index (χ3v) is 6.87. The number of ether oxygens (including phenoxy) is 2. The summed E-state index contributed by atoms with van der Waals surface area (Å²) in [6.07, 6.45) is 0.821. The molecule has 212 valence electrons. The highest BCUT2D eigenvalue weighted by Gasteiger charge is 2.22. The van der Waals surface area contributed by atoms with Gasteiger partial charge in [0.25, 0.3) is 11.8 Å². The van der Waals surface area contributed by atoms with E-state index in [1.54, 1.807) is 36.4 Å². The van der Waals surface area contributed by atoms with Gasteiger partial charge in [-0.05, 0) is 60.4 Å². The SMILES string of the molecule is O=C1N[C@@H](Cc2ccccc2)COC(=O)c2cccc(c2)C(=O)OC[C@H](Cc2ccccc2)NC(=O)c2cccc1c2. The summed E-state index contributed by atoms with van der Waals surface area (Å²) in [4.78, 5) is 52.5. The van der Waals surface area contributed by atoms with Crippen LogP contribution in [0.2, 0.25) is 0 Å². The van der Waals surface area contributed by atoms with Crippen LogP contribution in [0.4, 0.5) is 0 Å². The molecule has 8 heteroatoms. The summed E-state index contributed by atoms with van der Waals surface area (Å²) in [5, 5.41) is 5.89. The number of carbonyl (C=O) groups excluding carboxylic acids is 4. The highest BCUT2D eigenvalue weighted by molar-refractivity contribution is 6.00. The third-order valence-electron chi connectivity index (χ3n) is 6.87. The molecule has 42 heavy (non-hydrogen) atoms. The van der Waals surface area contributed by atoms with Crippen LogP contribution >= 0.6 is 0 Å². The first-order valence-corrected chi connectivity index (χ1v) is 13.7. The average Bonchev–Trinajstić information content (AvgIpc) is 3.02. The van der Waals surface area contributed by atoms with E-state index in [4.69, 9.17) is 9.47 Å². The number of esters is 2. The van der Waals surface area contributed by atoms with Crippen LogP contribution in [0.15, 0.2) is 109 Å². The van der Waals surface area contributed by atoms with E-state index in [0.717, 1.165) is 11.1 Å². The number of nitrogens with one attached hydrogen (secondary N) is 2. The Morgan fingerprint density at radius 2 is 0.881 bits per heavy atom. The summed E-state index contributed by atoms with van der Waals surface area (Å²) < 4.78 is 11.2. The molecule has 2 atom stereocenters. The molecule has 0 fully saturated rings. The van der Waals surface area contributed by atoms with Gasteiger partial charge in [0.2, 0.25) is 0 Å². The first-order valence-electron chi connectivity index (χ1n) is 13.7. The van der Waals surface area contributed by atoms with E-state index in [1.165, 1.54) is 12.1 Å². The molecule has 1 heterocycles. The fourth-order valence-corrected chi connectivity index (χ4v) is 4.73. The standard InChI is InChI=1S/C34H30N2O6/c37-31-25-13-7-14-26(19-25)32(38)36-30(18-24-11-5-2-6-12-24)22-42-34(40)28-16-8-15-27(20-28)33(39)41-21-29(35-31)17-23-9-3-1-4-10-23/h1-16,19-20,29-30H,17-18,21-22H2,(H,35,37)(H,36,38)/t29-,30-/m0/s1. The summed E-state index contributed by atoms with van der Waals surface area (Å²) in [5.74, 6) is -2.07. The molecule has 0 aliphatic carbocycles. The van der Waals surface area contributed by atoms with Crippen molar-refractivity contribution >= 4 is 23.8 Å². The van der Waals surface area contributed by atoms with Gasteiger partial charge in [-0.3, -0.25) is 9.59 Å². The van der Waals surface area contributed by atoms with Crippen LogP contribution in [-0.4, -0.2) is 49.1 Å². The lowest BCUT2D eigenvalue weighted by Crippen LogP contribution is -2.41. The maximum atomic E-state index is 13.3. The number of carbonyl (C=O) groups is 4. The molecule has 0 radical (unpaired) electrons. The van der Waals surface area contributed by atoms with Crippen molar-refractivity contribution in [3.05, 3.63) is 143 Å². The van der Waals surface area contributed by atoms with Gasteiger partial charge < -0.3 is 20.1 Å². The van der Waals surface area contributed by atoms with Crippen LogP contribution in [0.25, 0.3) is 0 Å². The summed E-state index contributed by atoms with van der Waals surface area (Å²) in [5.41, 5.74) is 2.82. The number of hydrogen-bond donors (Lipinski definition) is 2. The molecule has 0 aromatic heterocycles. The van der Waals surface area contributed by atoms with Gasteiger partial charge in [0.1, 0.15) is 13.2 Å². The molecule has 4 aromatic carbocycles. The van der Waals surface area contributed by atoms with E-state index < -0.39 is 35.8 Å². The van der Waals surface area contributed by atoms with E-state index in [9.17, 15) is 19.2 Å². The van der Waals surface area contributed by atoms with Gasteiger partial charge in [-0.25, -0.2) is 9.59 Å². The summed E-state index contributed by atoms with van der Waals surface area (Å²) in [6.45, 7) is -0.203. The Bertz CT molecular complexity index is 1460. The zero-order valence-electron chi connectivity index (χ0n) is 22.8. The minimum absolute atomic E-state index is 0.102. The zero-order valence-corrected chi connectivity index (χ0v) is 22.8. The molecule has 1 aliphatic heterocycles. The molecule has 2 N–H and O–H groups in total. The number of amides is 2. The Hall–Kier alpha value is -5.24. The van der Waals surface area contributed by atoms with E-state index in [1.807, 2.05) is 60.7 Å². The Kier molecular flexibility index (Phi) is 9.03. The number of rotatable bonds is 4. The molecule has 0 unspecified atom stereocenters. The minimum Gasteiger partial charge on any atom is -0.460 e. The fraction of sp³-hybridized carbons (Fsp3) is 0.176. The van der Waals surface area contributed by atoms with E-state index in [2.05, 4.69) is 10.6 Å². The summed E-state index contributed by atoms with van der Waals surface area (Å²) >= 11 is 0. The van der Waals surface area contributed by atoms with Crippen molar-refractivity contribution in [2.45, 2.75) is 24.9 Å². The lowest BCUT2D eigenvalue weighted by Gasteiger charge is -2.21. The number of fused-ring (bicyclic) bond motifs is 4. The van der Waals surface area contributed by atoms with E-state index >= 15 is 0 Å². The molecule has 2 amide bonds. The quantitative estimate of drug-likeness (QED) is 0.357. The van der Waals surface area contributed by atoms with Crippen molar-refractivity contribution in [1.29, 1.82) is 0 Å². The van der Waals surface area contributed by atoms with Crippen molar-refractivity contribution in [3.63, 3.8) is 0 Å². The largest absolute Gasteiger partial charge is 0.460 e. The average molecular weight is 563 g/mol. The molecule has 1 aliphatic rings. The van der Waals surface area contributed by atoms with Crippen molar-refractivity contribution in [2.24, 2.45) is 0 Å². The van der Waals surface area contributed by atoms with E-state index in [0.29, 0.717) is 12.8 Å². The molecular formula is C34H30N2O6. The Balaban J connectivity index is 1.45. The van der Waals surface area contributed by atoms with Crippen LogP contribution in [0, 0.1) is 0 Å². The molecule has 0 saturated carbocycles. The topological polar surface area (TPSA) is 111 Å². The smallest absolute Gasteiger partial charge is 0.338 e. The number of hydrogen-bond acceptors (Lipinski definition) is 6. The van der Waals surface area contributed by atoms with Crippen LogP contribution in [0.1, 0.15) is 52.6 Å². The monoisotopic (exact) mass is 562 g/mol. The second kappa shape index (κ2) is 13.4. The normalized spacial score (nSPS) is 18.0. The van der Waals surface area contributed by atoms with Gasteiger partial charge in [-0.2, -0.15) is 0 Å². The van der Waals surface area contributed by atoms with Gasteiger partial charge in [0.05, 0.1) is 23.2 Å². The van der Waals surface area contributed by atoms with E-state index in [-0.39, 0.29) is 35.5 Å². The summed E-state index contributed by atoms with van der Waals surface area (Å²) in [7, 11) is 0. The predicted octanol–water partition coefficient (Wildman–Crippen LogP) is 4.40. The lowest BCUT2D eigenvalue weighted by atomic mass is 10.0. The Labute approximate surface area is 243 Å². The predicted molar refractivity (Wildman–Crippen MR) is 156 cm³/mol. The van der Waals surface area contributed by atoms with Crippen LogP contribution < -0.4 is 10.6 Å². The Morgan fingerprint density at radius 1 is 0.500 bits per heavy atom. The van der Waals surface area contributed by atoms with Gasteiger partial charge in [-0.15, -0.1) is 0 Å². The fourth-order valence-electron chi connectivity index (χ4n) is 4.73.